The minimum Gasteiger partial charge on any atom is -0.344 e. The molecule has 0 saturated heterocycles. The van der Waals surface area contributed by atoms with Crippen molar-refractivity contribution in [3.63, 3.8) is 0 Å². The smallest absolute Gasteiger partial charge is 0.271 e. The van der Waals surface area contributed by atoms with Gasteiger partial charge in [0.25, 0.3) is 11.6 Å². The number of rotatable bonds is 6. The Morgan fingerprint density at radius 3 is 2.72 bits per heavy atom. The van der Waals surface area contributed by atoms with Crippen LogP contribution in [0.3, 0.4) is 0 Å². The van der Waals surface area contributed by atoms with Crippen LogP contribution in [0.4, 0.5) is 5.69 Å². The number of nitrogens with one attached hydrogen (secondary N) is 1. The van der Waals surface area contributed by atoms with E-state index in [1.807, 2.05) is 20.8 Å². The van der Waals surface area contributed by atoms with Gasteiger partial charge in [-0.15, -0.1) is 23.7 Å². The van der Waals surface area contributed by atoms with Gasteiger partial charge in [-0.25, -0.2) is 4.98 Å². The molecule has 1 heterocycles. The second-order valence-electron chi connectivity index (χ2n) is 6.08. The molecule has 1 amide bonds. The van der Waals surface area contributed by atoms with Crippen molar-refractivity contribution in [1.29, 1.82) is 0 Å². The molecule has 9 heteroatoms. The number of hydrogen-bond acceptors (Lipinski definition) is 6. The highest BCUT2D eigenvalue weighted by atomic mass is 35.5. The lowest BCUT2D eigenvalue weighted by Gasteiger charge is -2.33. The Morgan fingerprint density at radius 1 is 1.48 bits per heavy atom. The summed E-state index contributed by atoms with van der Waals surface area (Å²) in [5.41, 5.74) is 6.14. The van der Waals surface area contributed by atoms with Crippen LogP contribution in [0.15, 0.2) is 29.6 Å². The van der Waals surface area contributed by atoms with E-state index in [1.165, 1.54) is 23.5 Å². The van der Waals surface area contributed by atoms with Crippen LogP contribution in [0.1, 0.15) is 31.3 Å². The first-order chi connectivity index (χ1) is 11.3. The normalized spacial score (nSPS) is 13.0. The van der Waals surface area contributed by atoms with Crippen molar-refractivity contribution < 1.29 is 9.72 Å². The molecule has 0 aliphatic carbocycles. The predicted octanol–water partition coefficient (Wildman–Crippen LogP) is 3.24. The number of nitrogens with two attached hydrogens (primary N) is 1. The molecule has 136 valence electrons. The molecular weight excluding hydrogens is 364 g/mol. The minimum absolute atomic E-state index is 0. The minimum atomic E-state index is -0.521. The van der Waals surface area contributed by atoms with Gasteiger partial charge in [0, 0.05) is 29.6 Å². The van der Waals surface area contributed by atoms with Gasteiger partial charge in [-0.05, 0) is 12.8 Å². The van der Waals surface area contributed by atoms with E-state index in [-0.39, 0.29) is 35.6 Å². The van der Waals surface area contributed by atoms with Crippen LogP contribution in [0.25, 0.3) is 10.6 Å². The zero-order valence-electron chi connectivity index (χ0n) is 14.2. The number of hydrogen-bond donors (Lipinski definition) is 2. The maximum Gasteiger partial charge on any atom is 0.271 e. The van der Waals surface area contributed by atoms with E-state index in [0.717, 1.165) is 0 Å². The number of carbonyl (C=O) groups excluding carboxylic acids is 1. The Bertz CT molecular complexity index is 765. The third kappa shape index (κ3) is 4.75. The molecule has 0 radical (unpaired) electrons. The van der Waals surface area contributed by atoms with E-state index >= 15 is 0 Å². The third-order valence-corrected chi connectivity index (χ3v) is 5.03. The van der Waals surface area contributed by atoms with Crippen molar-refractivity contribution >= 4 is 35.3 Å². The van der Waals surface area contributed by atoms with Gasteiger partial charge in [0.15, 0.2) is 0 Å². The molecule has 3 N–H and O–H groups in total. The first kappa shape index (κ1) is 21.0. The van der Waals surface area contributed by atoms with Gasteiger partial charge >= 0.3 is 0 Å². The Labute approximate surface area is 156 Å². The molecule has 25 heavy (non-hydrogen) atoms. The molecule has 0 bridgehead atoms. The van der Waals surface area contributed by atoms with E-state index in [2.05, 4.69) is 10.3 Å². The second kappa shape index (κ2) is 8.37. The van der Waals surface area contributed by atoms with Crippen molar-refractivity contribution in [3.05, 3.63) is 45.5 Å². The second-order valence-corrected chi connectivity index (χ2v) is 6.93. The number of nitro groups is 1. The Hall–Kier alpha value is -2.03. The predicted molar refractivity (Wildman–Crippen MR) is 101 cm³/mol. The average Bonchev–Trinajstić information content (AvgIpc) is 3.04. The van der Waals surface area contributed by atoms with E-state index in [9.17, 15) is 14.9 Å². The standard InChI is InChI=1S/C16H20N4O3S.ClH/c1-10(2)16(3,9-17)19-14(21)13-8-24-15(18-13)11-5-4-6-12(7-11)20(22)23;/h4-8,10H,9,17H2,1-3H3,(H,19,21);1H. The zero-order valence-corrected chi connectivity index (χ0v) is 15.8. The van der Waals surface area contributed by atoms with Gasteiger partial charge in [0.1, 0.15) is 10.7 Å². The summed E-state index contributed by atoms with van der Waals surface area (Å²) in [4.78, 5) is 27.1. The van der Waals surface area contributed by atoms with Crippen molar-refractivity contribution in [2.45, 2.75) is 26.3 Å². The van der Waals surface area contributed by atoms with Crippen molar-refractivity contribution in [1.82, 2.24) is 10.3 Å². The van der Waals surface area contributed by atoms with Crippen molar-refractivity contribution in [2.75, 3.05) is 6.54 Å². The molecule has 0 fully saturated rings. The van der Waals surface area contributed by atoms with Gasteiger partial charge in [-0.3, -0.25) is 14.9 Å². The van der Waals surface area contributed by atoms with Gasteiger partial charge in [-0.1, -0.05) is 26.0 Å². The number of aromatic nitrogens is 1. The van der Waals surface area contributed by atoms with Crippen LogP contribution < -0.4 is 11.1 Å². The van der Waals surface area contributed by atoms with E-state index in [4.69, 9.17) is 5.73 Å². The number of nitrogens with zero attached hydrogens (tertiary/aromatic N) is 2. The Morgan fingerprint density at radius 2 is 2.16 bits per heavy atom. The molecule has 1 aromatic carbocycles. The van der Waals surface area contributed by atoms with Crippen LogP contribution >= 0.6 is 23.7 Å². The fraction of sp³-hybridized carbons (Fsp3) is 0.375. The average molecular weight is 385 g/mol. The molecule has 0 aliphatic heterocycles. The SMILES string of the molecule is CC(C)C(C)(CN)NC(=O)c1csc(-c2cccc([N+](=O)[O-])c2)n1.Cl. The van der Waals surface area contributed by atoms with Crippen LogP contribution in [-0.2, 0) is 0 Å². The molecule has 7 nitrogen and oxygen atoms in total. The molecule has 1 aromatic heterocycles. The zero-order chi connectivity index (χ0) is 17.9. The first-order valence-electron chi connectivity index (χ1n) is 7.50. The van der Waals surface area contributed by atoms with E-state index in [1.54, 1.807) is 17.5 Å². The van der Waals surface area contributed by atoms with Crippen molar-refractivity contribution in [3.8, 4) is 10.6 Å². The van der Waals surface area contributed by atoms with Crippen LogP contribution in [0, 0.1) is 16.0 Å². The van der Waals surface area contributed by atoms with Gasteiger partial charge < -0.3 is 11.1 Å². The van der Waals surface area contributed by atoms with Crippen molar-refractivity contribution in [2.24, 2.45) is 11.7 Å². The lowest BCUT2D eigenvalue weighted by Crippen LogP contribution is -2.55. The van der Waals surface area contributed by atoms with E-state index < -0.39 is 10.5 Å². The molecule has 0 saturated carbocycles. The molecule has 2 aromatic rings. The summed E-state index contributed by atoms with van der Waals surface area (Å²) >= 11 is 1.27. The number of halogens is 1. The van der Waals surface area contributed by atoms with E-state index in [0.29, 0.717) is 17.1 Å². The molecule has 1 unspecified atom stereocenters. The summed E-state index contributed by atoms with van der Waals surface area (Å²) in [6.45, 7) is 6.19. The van der Waals surface area contributed by atoms with Gasteiger partial charge in [-0.2, -0.15) is 0 Å². The highest BCUT2D eigenvalue weighted by Crippen LogP contribution is 2.27. The lowest BCUT2D eigenvalue weighted by atomic mass is 9.88. The molecule has 2 rings (SSSR count). The Balaban J connectivity index is 0.00000312. The quantitative estimate of drug-likeness (QED) is 0.586. The fourth-order valence-electron chi connectivity index (χ4n) is 2.02. The number of non-ortho nitro benzene ring substituents is 1. The summed E-state index contributed by atoms with van der Waals surface area (Å²) in [5.74, 6) is -0.133. The number of carbonyl (C=O) groups is 1. The summed E-state index contributed by atoms with van der Waals surface area (Å²) < 4.78 is 0. The maximum atomic E-state index is 12.4. The molecule has 0 aliphatic rings. The number of amides is 1. The van der Waals surface area contributed by atoms with Crippen LogP contribution in [0.5, 0.6) is 0 Å². The summed E-state index contributed by atoms with van der Waals surface area (Å²) in [7, 11) is 0. The van der Waals surface area contributed by atoms with Crippen LogP contribution in [-0.4, -0.2) is 27.9 Å². The molecule has 1 atom stereocenters. The lowest BCUT2D eigenvalue weighted by molar-refractivity contribution is -0.384. The number of nitro benzene ring substituents is 1. The molecule has 0 spiro atoms. The van der Waals surface area contributed by atoms with Crippen LogP contribution in [0.2, 0.25) is 0 Å². The third-order valence-electron chi connectivity index (χ3n) is 4.14. The highest BCUT2D eigenvalue weighted by molar-refractivity contribution is 7.13. The summed E-state index contributed by atoms with van der Waals surface area (Å²) in [5, 5.41) is 16.0. The van der Waals surface area contributed by atoms with Gasteiger partial charge in [0.05, 0.1) is 10.5 Å². The fourth-order valence-corrected chi connectivity index (χ4v) is 2.81. The van der Waals surface area contributed by atoms with Gasteiger partial charge in [0.2, 0.25) is 0 Å². The summed E-state index contributed by atoms with van der Waals surface area (Å²) in [6.07, 6.45) is 0. The Kier molecular flexibility index (Phi) is 7.04. The summed E-state index contributed by atoms with van der Waals surface area (Å²) in [6, 6.07) is 6.18. The topological polar surface area (TPSA) is 111 Å². The number of benzene rings is 1. The monoisotopic (exact) mass is 384 g/mol. The first-order valence-corrected chi connectivity index (χ1v) is 8.37. The largest absolute Gasteiger partial charge is 0.344 e. The molecular formula is C16H21ClN4O3S. The maximum absolute atomic E-state index is 12.4. The number of thiazole rings is 1. The highest BCUT2D eigenvalue weighted by Gasteiger charge is 2.29.